The lowest BCUT2D eigenvalue weighted by Gasteiger charge is -2.30. The van der Waals surface area contributed by atoms with E-state index in [0.29, 0.717) is 0 Å². The molecule has 1 aliphatic rings. The fourth-order valence-corrected chi connectivity index (χ4v) is 2.24. The first-order chi connectivity index (χ1) is 7.27. The van der Waals surface area contributed by atoms with Crippen molar-refractivity contribution in [1.82, 2.24) is 5.32 Å². The Kier molecular flexibility index (Phi) is 6.22. The summed E-state index contributed by atoms with van der Waals surface area (Å²) in [5, 5.41) is 13.6. The zero-order valence-electron chi connectivity index (χ0n) is 9.93. The van der Waals surface area contributed by atoms with Crippen LogP contribution in [0.15, 0.2) is 0 Å². The minimum atomic E-state index is -0.464. The van der Waals surface area contributed by atoms with Crippen molar-refractivity contribution in [3.05, 3.63) is 0 Å². The summed E-state index contributed by atoms with van der Waals surface area (Å²) in [6.07, 6.45) is 8.14. The maximum Gasteiger partial charge on any atom is 0.0771 e. The second-order valence-corrected chi connectivity index (χ2v) is 4.66. The number of hydrogen-bond acceptors (Lipinski definition) is 3. The molecule has 1 rings (SSSR count). The second-order valence-electron chi connectivity index (χ2n) is 4.66. The predicted octanol–water partition coefficient (Wildman–Crippen LogP) is 1.70. The van der Waals surface area contributed by atoms with E-state index in [1.54, 1.807) is 7.11 Å². The Bertz CT molecular complexity index is 154. The number of rotatable bonds is 5. The van der Waals surface area contributed by atoms with Crippen LogP contribution in [0.1, 0.15) is 44.9 Å². The highest BCUT2D eigenvalue weighted by Crippen LogP contribution is 2.25. The van der Waals surface area contributed by atoms with Gasteiger partial charge in [-0.2, -0.15) is 0 Å². The monoisotopic (exact) mass is 215 g/mol. The standard InChI is InChI=1S/C12H25NO2/c1-15-10-9-13-11-12(14)7-5-3-2-4-6-8-12/h13-14H,2-11H2,1H3. The van der Waals surface area contributed by atoms with Gasteiger partial charge >= 0.3 is 0 Å². The summed E-state index contributed by atoms with van der Waals surface area (Å²) in [6.45, 7) is 2.27. The van der Waals surface area contributed by atoms with Crippen LogP contribution in [0.25, 0.3) is 0 Å². The molecule has 3 nitrogen and oxygen atoms in total. The van der Waals surface area contributed by atoms with Crippen molar-refractivity contribution in [1.29, 1.82) is 0 Å². The normalized spacial score (nSPS) is 22.0. The third-order valence-electron chi connectivity index (χ3n) is 3.22. The minimum absolute atomic E-state index is 0.464. The first-order valence-electron chi connectivity index (χ1n) is 6.19. The first kappa shape index (κ1) is 12.9. The summed E-state index contributed by atoms with van der Waals surface area (Å²) in [5.41, 5.74) is -0.464. The number of aliphatic hydroxyl groups is 1. The van der Waals surface area contributed by atoms with Crippen LogP contribution in [0.4, 0.5) is 0 Å². The summed E-state index contributed by atoms with van der Waals surface area (Å²) >= 11 is 0. The van der Waals surface area contributed by atoms with E-state index in [4.69, 9.17) is 4.74 Å². The van der Waals surface area contributed by atoms with Crippen molar-refractivity contribution >= 4 is 0 Å². The van der Waals surface area contributed by atoms with Gasteiger partial charge in [-0.15, -0.1) is 0 Å². The van der Waals surface area contributed by atoms with Crippen LogP contribution in [-0.2, 0) is 4.74 Å². The molecule has 0 saturated heterocycles. The predicted molar refractivity (Wildman–Crippen MR) is 62.0 cm³/mol. The summed E-state index contributed by atoms with van der Waals surface area (Å²) in [4.78, 5) is 0. The number of ether oxygens (including phenoxy) is 1. The highest BCUT2D eigenvalue weighted by atomic mass is 16.5. The molecule has 0 aromatic heterocycles. The van der Waals surface area contributed by atoms with Gasteiger partial charge in [0, 0.05) is 20.2 Å². The summed E-state index contributed by atoms with van der Waals surface area (Å²) in [6, 6.07) is 0. The van der Waals surface area contributed by atoms with E-state index in [1.807, 2.05) is 0 Å². The van der Waals surface area contributed by atoms with Crippen LogP contribution in [0.2, 0.25) is 0 Å². The SMILES string of the molecule is COCCNCC1(O)CCCCCCC1. The van der Waals surface area contributed by atoms with Gasteiger partial charge in [-0.3, -0.25) is 0 Å². The highest BCUT2D eigenvalue weighted by molar-refractivity contribution is 4.82. The highest BCUT2D eigenvalue weighted by Gasteiger charge is 2.26. The quantitative estimate of drug-likeness (QED) is 0.686. The molecular weight excluding hydrogens is 190 g/mol. The van der Waals surface area contributed by atoms with Crippen LogP contribution in [0.3, 0.4) is 0 Å². The van der Waals surface area contributed by atoms with Gasteiger partial charge in [0.1, 0.15) is 0 Å². The van der Waals surface area contributed by atoms with Crippen molar-refractivity contribution in [2.24, 2.45) is 0 Å². The van der Waals surface area contributed by atoms with E-state index < -0.39 is 5.60 Å². The molecule has 0 atom stereocenters. The molecule has 0 aromatic carbocycles. The van der Waals surface area contributed by atoms with Gasteiger partial charge in [0.15, 0.2) is 0 Å². The largest absolute Gasteiger partial charge is 0.389 e. The Morgan fingerprint density at radius 2 is 1.73 bits per heavy atom. The maximum atomic E-state index is 10.4. The molecule has 0 aliphatic heterocycles. The molecule has 1 fully saturated rings. The van der Waals surface area contributed by atoms with Crippen LogP contribution < -0.4 is 5.32 Å². The lowest BCUT2D eigenvalue weighted by atomic mass is 9.87. The second kappa shape index (κ2) is 7.20. The topological polar surface area (TPSA) is 41.5 Å². The van der Waals surface area contributed by atoms with Gasteiger partial charge in [-0.05, 0) is 12.8 Å². The molecule has 0 aromatic rings. The Hall–Kier alpha value is -0.120. The third kappa shape index (κ3) is 5.50. The van der Waals surface area contributed by atoms with Crippen LogP contribution in [0.5, 0.6) is 0 Å². The third-order valence-corrected chi connectivity index (χ3v) is 3.22. The van der Waals surface area contributed by atoms with Crippen molar-refractivity contribution in [3.8, 4) is 0 Å². The molecule has 0 spiro atoms. The van der Waals surface area contributed by atoms with Gasteiger partial charge in [-0.1, -0.05) is 32.1 Å². The number of nitrogens with one attached hydrogen (secondary N) is 1. The van der Waals surface area contributed by atoms with E-state index in [0.717, 1.165) is 32.5 Å². The average molecular weight is 215 g/mol. The van der Waals surface area contributed by atoms with E-state index >= 15 is 0 Å². The van der Waals surface area contributed by atoms with Gasteiger partial charge in [0.25, 0.3) is 0 Å². The van der Waals surface area contributed by atoms with Gasteiger partial charge < -0.3 is 15.2 Å². The molecule has 0 radical (unpaired) electrons. The van der Waals surface area contributed by atoms with Crippen LogP contribution in [-0.4, -0.2) is 37.5 Å². The molecule has 15 heavy (non-hydrogen) atoms. The lowest BCUT2D eigenvalue weighted by molar-refractivity contribution is 0.0136. The van der Waals surface area contributed by atoms with Gasteiger partial charge in [-0.25, -0.2) is 0 Å². The molecule has 2 N–H and O–H groups in total. The smallest absolute Gasteiger partial charge is 0.0771 e. The molecule has 0 heterocycles. The zero-order chi connectivity index (χ0) is 11.0. The summed E-state index contributed by atoms with van der Waals surface area (Å²) < 4.78 is 4.96. The molecule has 0 bridgehead atoms. The fraction of sp³-hybridized carbons (Fsp3) is 1.00. The Morgan fingerprint density at radius 3 is 2.33 bits per heavy atom. The van der Waals surface area contributed by atoms with E-state index in [-0.39, 0.29) is 0 Å². The molecule has 1 saturated carbocycles. The zero-order valence-corrected chi connectivity index (χ0v) is 9.93. The fourth-order valence-electron chi connectivity index (χ4n) is 2.24. The van der Waals surface area contributed by atoms with Crippen LogP contribution >= 0.6 is 0 Å². The first-order valence-corrected chi connectivity index (χ1v) is 6.19. The van der Waals surface area contributed by atoms with Gasteiger partial charge in [0.05, 0.1) is 12.2 Å². The van der Waals surface area contributed by atoms with E-state index in [2.05, 4.69) is 5.32 Å². The Balaban J connectivity index is 2.21. The summed E-state index contributed by atoms with van der Waals surface area (Å²) in [5.74, 6) is 0. The number of methoxy groups -OCH3 is 1. The van der Waals surface area contributed by atoms with Crippen molar-refractivity contribution in [3.63, 3.8) is 0 Å². The molecule has 3 heteroatoms. The minimum Gasteiger partial charge on any atom is -0.389 e. The summed E-state index contributed by atoms with van der Waals surface area (Å²) in [7, 11) is 1.70. The van der Waals surface area contributed by atoms with Gasteiger partial charge in [0.2, 0.25) is 0 Å². The van der Waals surface area contributed by atoms with Crippen molar-refractivity contribution < 1.29 is 9.84 Å². The lowest BCUT2D eigenvalue weighted by Crippen LogP contribution is -2.42. The van der Waals surface area contributed by atoms with Crippen LogP contribution in [0, 0.1) is 0 Å². The molecule has 0 unspecified atom stereocenters. The maximum absolute atomic E-state index is 10.4. The molecule has 0 amide bonds. The molecule has 90 valence electrons. The van der Waals surface area contributed by atoms with E-state index in [9.17, 15) is 5.11 Å². The average Bonchev–Trinajstić information content (AvgIpc) is 2.20. The van der Waals surface area contributed by atoms with Crippen molar-refractivity contribution in [2.45, 2.75) is 50.5 Å². The molecule has 1 aliphatic carbocycles. The van der Waals surface area contributed by atoms with E-state index in [1.165, 1.54) is 32.1 Å². The Labute approximate surface area is 93.2 Å². The Morgan fingerprint density at radius 1 is 1.13 bits per heavy atom. The van der Waals surface area contributed by atoms with Crippen molar-refractivity contribution in [2.75, 3.05) is 26.8 Å². The number of hydrogen-bond donors (Lipinski definition) is 2. The molecular formula is C12H25NO2.